The second kappa shape index (κ2) is 11.3. The minimum Gasteiger partial charge on any atom is -0.383 e. The quantitative estimate of drug-likeness (QED) is 0.206. The lowest BCUT2D eigenvalue weighted by atomic mass is 10.1. The van der Waals surface area contributed by atoms with E-state index in [9.17, 15) is 9.59 Å². The Morgan fingerprint density at radius 2 is 1.74 bits per heavy atom. The molecule has 0 spiro atoms. The van der Waals surface area contributed by atoms with Gasteiger partial charge in [-0.2, -0.15) is 0 Å². The van der Waals surface area contributed by atoms with Crippen molar-refractivity contribution in [2.45, 2.75) is 17.5 Å². The van der Waals surface area contributed by atoms with Gasteiger partial charge in [-0.1, -0.05) is 59.8 Å². The molecule has 0 aliphatic heterocycles. The SMILES string of the molecule is COCCNC(=O)c1ccc(Cn2c(SCc3ccc(Cl)cc3)nc3ccccc3c2=O)cc1. The molecule has 0 bridgehead atoms. The van der Waals surface area contributed by atoms with E-state index >= 15 is 0 Å². The van der Waals surface area contributed by atoms with Crippen LogP contribution in [0.4, 0.5) is 0 Å². The Kier molecular flexibility index (Phi) is 8.00. The fourth-order valence-corrected chi connectivity index (χ4v) is 4.52. The van der Waals surface area contributed by atoms with Crippen molar-refractivity contribution < 1.29 is 9.53 Å². The van der Waals surface area contributed by atoms with Crippen LogP contribution in [0.5, 0.6) is 0 Å². The first-order valence-corrected chi connectivity index (χ1v) is 12.1. The predicted molar refractivity (Wildman–Crippen MR) is 137 cm³/mol. The van der Waals surface area contributed by atoms with Crippen LogP contribution in [0.25, 0.3) is 10.9 Å². The highest BCUT2D eigenvalue weighted by Gasteiger charge is 2.13. The molecule has 3 aromatic carbocycles. The van der Waals surface area contributed by atoms with Crippen molar-refractivity contribution in [3.8, 4) is 0 Å². The number of methoxy groups -OCH3 is 1. The highest BCUT2D eigenvalue weighted by atomic mass is 35.5. The van der Waals surface area contributed by atoms with Crippen molar-refractivity contribution in [1.82, 2.24) is 14.9 Å². The summed E-state index contributed by atoms with van der Waals surface area (Å²) in [7, 11) is 1.59. The van der Waals surface area contributed by atoms with Crippen molar-refractivity contribution in [2.75, 3.05) is 20.3 Å². The number of aromatic nitrogens is 2. The first-order valence-electron chi connectivity index (χ1n) is 10.8. The summed E-state index contributed by atoms with van der Waals surface area (Å²) in [5.41, 5.74) is 3.13. The van der Waals surface area contributed by atoms with Gasteiger partial charge < -0.3 is 10.1 Å². The second-order valence-electron chi connectivity index (χ2n) is 7.66. The van der Waals surface area contributed by atoms with Crippen LogP contribution < -0.4 is 10.9 Å². The highest BCUT2D eigenvalue weighted by molar-refractivity contribution is 7.98. The van der Waals surface area contributed by atoms with E-state index in [4.69, 9.17) is 21.3 Å². The number of nitrogens with one attached hydrogen (secondary N) is 1. The largest absolute Gasteiger partial charge is 0.383 e. The van der Waals surface area contributed by atoms with E-state index in [2.05, 4.69) is 5.32 Å². The van der Waals surface area contributed by atoms with Gasteiger partial charge in [-0.25, -0.2) is 4.98 Å². The molecule has 6 nitrogen and oxygen atoms in total. The molecule has 34 heavy (non-hydrogen) atoms. The number of amides is 1. The van der Waals surface area contributed by atoms with Crippen LogP contribution in [-0.2, 0) is 17.0 Å². The second-order valence-corrected chi connectivity index (χ2v) is 9.04. The topological polar surface area (TPSA) is 73.2 Å². The van der Waals surface area contributed by atoms with Crippen molar-refractivity contribution in [1.29, 1.82) is 0 Å². The third kappa shape index (κ3) is 5.86. The summed E-state index contributed by atoms with van der Waals surface area (Å²) in [6.07, 6.45) is 0. The van der Waals surface area contributed by atoms with Crippen molar-refractivity contribution >= 4 is 40.2 Å². The Morgan fingerprint density at radius 1 is 1.03 bits per heavy atom. The zero-order valence-corrected chi connectivity index (χ0v) is 20.2. The first kappa shape index (κ1) is 24.0. The molecule has 0 radical (unpaired) electrons. The number of carbonyl (C=O) groups is 1. The van der Waals surface area contributed by atoms with E-state index in [1.807, 2.05) is 54.6 Å². The highest BCUT2D eigenvalue weighted by Crippen LogP contribution is 2.24. The molecule has 1 N–H and O–H groups in total. The molecule has 0 atom stereocenters. The molecule has 0 unspecified atom stereocenters. The number of ether oxygens (including phenoxy) is 1. The van der Waals surface area contributed by atoms with Crippen LogP contribution in [0.15, 0.2) is 82.7 Å². The molecule has 0 fully saturated rings. The van der Waals surface area contributed by atoms with Crippen molar-refractivity contribution in [3.63, 3.8) is 0 Å². The van der Waals surface area contributed by atoms with E-state index in [1.165, 1.54) is 11.8 Å². The minimum absolute atomic E-state index is 0.0920. The third-order valence-corrected chi connectivity index (χ3v) is 6.56. The summed E-state index contributed by atoms with van der Waals surface area (Å²) >= 11 is 7.50. The average Bonchev–Trinajstić information content (AvgIpc) is 2.86. The summed E-state index contributed by atoms with van der Waals surface area (Å²) < 4.78 is 6.65. The summed E-state index contributed by atoms with van der Waals surface area (Å²) in [4.78, 5) is 30.4. The minimum atomic E-state index is -0.160. The number of hydrogen-bond acceptors (Lipinski definition) is 5. The Morgan fingerprint density at radius 3 is 2.47 bits per heavy atom. The van der Waals surface area contributed by atoms with E-state index < -0.39 is 0 Å². The number of thioether (sulfide) groups is 1. The molecular formula is C26H24ClN3O3S. The molecule has 0 aliphatic carbocycles. The Hall–Kier alpha value is -3.13. The van der Waals surface area contributed by atoms with Gasteiger partial charge >= 0.3 is 0 Å². The van der Waals surface area contributed by atoms with Gasteiger partial charge in [0.15, 0.2) is 5.16 Å². The molecule has 8 heteroatoms. The van der Waals surface area contributed by atoms with Crippen LogP contribution >= 0.6 is 23.4 Å². The fourth-order valence-electron chi connectivity index (χ4n) is 3.44. The van der Waals surface area contributed by atoms with E-state index in [0.29, 0.717) is 52.1 Å². The first-order chi connectivity index (χ1) is 16.5. The molecule has 4 aromatic rings. The lowest BCUT2D eigenvalue weighted by Crippen LogP contribution is -2.27. The summed E-state index contributed by atoms with van der Waals surface area (Å²) in [5.74, 6) is 0.495. The maximum absolute atomic E-state index is 13.3. The Labute approximate surface area is 206 Å². The molecular weight excluding hydrogens is 470 g/mol. The van der Waals surface area contributed by atoms with Gasteiger partial charge in [-0.05, 0) is 47.5 Å². The number of carbonyl (C=O) groups excluding carboxylic acids is 1. The maximum atomic E-state index is 13.3. The molecule has 1 aromatic heterocycles. The normalized spacial score (nSPS) is 11.0. The molecule has 0 saturated carbocycles. The van der Waals surface area contributed by atoms with Crippen LogP contribution in [0.1, 0.15) is 21.5 Å². The molecule has 174 valence electrons. The van der Waals surface area contributed by atoms with Gasteiger partial charge in [0.05, 0.1) is 24.1 Å². The molecule has 1 heterocycles. The van der Waals surface area contributed by atoms with Gasteiger partial charge in [0, 0.05) is 30.0 Å². The van der Waals surface area contributed by atoms with Gasteiger partial charge in [-0.15, -0.1) is 0 Å². The zero-order chi connectivity index (χ0) is 23.9. The summed E-state index contributed by atoms with van der Waals surface area (Å²) in [6.45, 7) is 1.26. The number of fused-ring (bicyclic) bond motifs is 1. The zero-order valence-electron chi connectivity index (χ0n) is 18.7. The van der Waals surface area contributed by atoms with Gasteiger partial charge in [-0.3, -0.25) is 14.2 Å². The number of benzene rings is 3. The maximum Gasteiger partial charge on any atom is 0.262 e. The van der Waals surface area contributed by atoms with Crippen molar-refractivity contribution in [3.05, 3.63) is 105 Å². The number of hydrogen-bond donors (Lipinski definition) is 1. The number of nitrogens with zero attached hydrogens (tertiary/aromatic N) is 2. The number of para-hydroxylation sites is 1. The molecule has 4 rings (SSSR count). The summed E-state index contributed by atoms with van der Waals surface area (Å²) in [6, 6.07) is 22.3. The van der Waals surface area contributed by atoms with Gasteiger partial charge in [0.2, 0.25) is 0 Å². The van der Waals surface area contributed by atoms with Gasteiger partial charge in [0.1, 0.15) is 0 Å². The molecule has 0 saturated heterocycles. The van der Waals surface area contributed by atoms with Crippen LogP contribution in [0, 0.1) is 0 Å². The molecule has 0 aliphatic rings. The lowest BCUT2D eigenvalue weighted by Gasteiger charge is -2.14. The smallest absolute Gasteiger partial charge is 0.262 e. The van der Waals surface area contributed by atoms with Crippen molar-refractivity contribution in [2.24, 2.45) is 0 Å². The van der Waals surface area contributed by atoms with Crippen LogP contribution in [0.2, 0.25) is 5.02 Å². The number of rotatable bonds is 9. The Bertz CT molecular complexity index is 1340. The van der Waals surface area contributed by atoms with E-state index in [-0.39, 0.29) is 11.5 Å². The lowest BCUT2D eigenvalue weighted by molar-refractivity contribution is 0.0937. The Balaban J connectivity index is 1.59. The van der Waals surface area contributed by atoms with Crippen LogP contribution in [0.3, 0.4) is 0 Å². The molecule has 1 amide bonds. The van der Waals surface area contributed by atoms with E-state index in [1.54, 1.807) is 29.9 Å². The summed E-state index contributed by atoms with van der Waals surface area (Å²) in [5, 5.41) is 4.70. The number of halogens is 1. The van der Waals surface area contributed by atoms with Gasteiger partial charge in [0.25, 0.3) is 11.5 Å². The predicted octanol–water partition coefficient (Wildman–Crippen LogP) is 4.77. The standard InChI is InChI=1S/C26H24ClN3O3S/c1-33-15-14-28-24(31)20-10-6-18(7-11-20)16-30-25(32)22-4-2-3-5-23(22)29-26(30)34-17-19-8-12-21(27)13-9-19/h2-13H,14-17H2,1H3,(H,28,31). The van der Waals surface area contributed by atoms with E-state index in [0.717, 1.165) is 11.1 Å². The third-order valence-electron chi connectivity index (χ3n) is 5.26. The van der Waals surface area contributed by atoms with Crippen LogP contribution in [-0.4, -0.2) is 35.7 Å². The monoisotopic (exact) mass is 493 g/mol. The fraction of sp³-hybridized carbons (Fsp3) is 0.192. The average molecular weight is 494 g/mol.